The van der Waals surface area contributed by atoms with E-state index in [9.17, 15) is 0 Å². The molecule has 1 aliphatic carbocycles. The second-order valence-corrected chi connectivity index (χ2v) is 4.45. The van der Waals surface area contributed by atoms with Crippen molar-refractivity contribution in [3.8, 4) is 0 Å². The molecule has 0 spiro atoms. The number of rotatable bonds is 3. The first kappa shape index (κ1) is 12.3. The number of hydrogen-bond donors (Lipinski definition) is 1. The summed E-state index contributed by atoms with van der Waals surface area (Å²) in [6.07, 6.45) is 8.84. The molecule has 0 amide bonds. The van der Waals surface area contributed by atoms with Crippen LogP contribution in [-0.2, 0) is 4.74 Å². The molecule has 1 aliphatic heterocycles. The third-order valence-electron chi connectivity index (χ3n) is 3.31. The van der Waals surface area contributed by atoms with Crippen LogP contribution in [0.4, 0.5) is 0 Å². The highest BCUT2D eigenvalue weighted by molar-refractivity contribution is 5.85. The largest absolute Gasteiger partial charge is 0.377 e. The fourth-order valence-corrected chi connectivity index (χ4v) is 2.40. The fraction of sp³-hybridized carbons (Fsp3) is 1.00. The van der Waals surface area contributed by atoms with Crippen LogP contribution in [0, 0.1) is 5.92 Å². The van der Waals surface area contributed by atoms with E-state index in [1.807, 2.05) is 0 Å². The molecule has 84 valence electrons. The summed E-state index contributed by atoms with van der Waals surface area (Å²) >= 11 is 0. The van der Waals surface area contributed by atoms with Crippen molar-refractivity contribution in [3.63, 3.8) is 0 Å². The third kappa shape index (κ3) is 3.76. The van der Waals surface area contributed by atoms with Gasteiger partial charge in [0.2, 0.25) is 0 Å². The molecule has 1 atom stereocenters. The molecule has 2 nitrogen and oxygen atoms in total. The van der Waals surface area contributed by atoms with Crippen molar-refractivity contribution in [1.29, 1.82) is 0 Å². The molecule has 1 saturated heterocycles. The smallest absolute Gasteiger partial charge is 0.0711 e. The Hall–Kier alpha value is 0.210. The van der Waals surface area contributed by atoms with Crippen LogP contribution in [0.3, 0.4) is 0 Å². The first-order valence-electron chi connectivity index (χ1n) is 5.77. The SMILES string of the molecule is C1CCC(COC2CCNC2)CC1.Cl. The van der Waals surface area contributed by atoms with Crippen molar-refractivity contribution < 1.29 is 4.74 Å². The van der Waals surface area contributed by atoms with Crippen LogP contribution < -0.4 is 5.32 Å². The normalized spacial score (nSPS) is 28.7. The van der Waals surface area contributed by atoms with Crippen molar-refractivity contribution in [3.05, 3.63) is 0 Å². The maximum absolute atomic E-state index is 5.88. The molecule has 2 aliphatic rings. The van der Waals surface area contributed by atoms with E-state index in [-0.39, 0.29) is 12.4 Å². The minimum atomic E-state index is 0. The Morgan fingerprint density at radius 2 is 1.86 bits per heavy atom. The van der Waals surface area contributed by atoms with Gasteiger partial charge in [0.25, 0.3) is 0 Å². The van der Waals surface area contributed by atoms with Crippen LogP contribution in [0.15, 0.2) is 0 Å². The zero-order chi connectivity index (χ0) is 8.93. The van der Waals surface area contributed by atoms with Crippen LogP contribution in [0.25, 0.3) is 0 Å². The maximum Gasteiger partial charge on any atom is 0.0711 e. The highest BCUT2D eigenvalue weighted by Gasteiger charge is 2.18. The first-order valence-corrected chi connectivity index (χ1v) is 5.77. The molecule has 2 fully saturated rings. The van der Waals surface area contributed by atoms with Gasteiger partial charge in [-0.25, -0.2) is 0 Å². The fourth-order valence-electron chi connectivity index (χ4n) is 2.40. The van der Waals surface area contributed by atoms with Crippen molar-refractivity contribution in [2.45, 2.75) is 44.6 Å². The Morgan fingerprint density at radius 3 is 2.50 bits per heavy atom. The molecule has 1 saturated carbocycles. The van der Waals surface area contributed by atoms with Crippen LogP contribution in [0.2, 0.25) is 0 Å². The molecule has 14 heavy (non-hydrogen) atoms. The van der Waals surface area contributed by atoms with E-state index in [1.165, 1.54) is 38.5 Å². The second kappa shape index (κ2) is 6.65. The van der Waals surface area contributed by atoms with E-state index >= 15 is 0 Å². The Balaban J connectivity index is 0.000000980. The summed E-state index contributed by atoms with van der Waals surface area (Å²) in [6.45, 7) is 3.24. The van der Waals surface area contributed by atoms with Crippen molar-refractivity contribution in [2.75, 3.05) is 19.7 Å². The molecule has 1 heterocycles. The minimum Gasteiger partial charge on any atom is -0.377 e. The average molecular weight is 220 g/mol. The number of hydrogen-bond acceptors (Lipinski definition) is 2. The molecule has 0 radical (unpaired) electrons. The van der Waals surface area contributed by atoms with Crippen molar-refractivity contribution in [1.82, 2.24) is 5.32 Å². The van der Waals surface area contributed by atoms with E-state index in [2.05, 4.69) is 5.32 Å². The molecule has 0 aromatic rings. The lowest BCUT2D eigenvalue weighted by molar-refractivity contribution is 0.0321. The highest BCUT2D eigenvalue weighted by atomic mass is 35.5. The number of nitrogens with one attached hydrogen (secondary N) is 1. The van der Waals surface area contributed by atoms with Crippen LogP contribution in [0.5, 0.6) is 0 Å². The molecule has 1 N–H and O–H groups in total. The van der Waals surface area contributed by atoms with Gasteiger partial charge < -0.3 is 10.1 Å². The summed E-state index contributed by atoms with van der Waals surface area (Å²) in [5, 5.41) is 3.34. The lowest BCUT2D eigenvalue weighted by Gasteiger charge is -2.22. The predicted molar refractivity (Wildman–Crippen MR) is 61.0 cm³/mol. The van der Waals surface area contributed by atoms with E-state index in [4.69, 9.17) is 4.74 Å². The zero-order valence-electron chi connectivity index (χ0n) is 8.84. The van der Waals surface area contributed by atoms with Crippen LogP contribution >= 0.6 is 12.4 Å². The average Bonchev–Trinajstić information content (AvgIpc) is 2.69. The summed E-state index contributed by atoms with van der Waals surface area (Å²) in [6, 6.07) is 0. The Morgan fingerprint density at radius 1 is 1.07 bits per heavy atom. The van der Waals surface area contributed by atoms with Gasteiger partial charge in [0.05, 0.1) is 6.10 Å². The molecule has 1 unspecified atom stereocenters. The molecular weight excluding hydrogens is 198 g/mol. The van der Waals surface area contributed by atoms with E-state index < -0.39 is 0 Å². The maximum atomic E-state index is 5.88. The highest BCUT2D eigenvalue weighted by Crippen LogP contribution is 2.24. The molecule has 0 bridgehead atoms. The van der Waals surface area contributed by atoms with Crippen LogP contribution in [0.1, 0.15) is 38.5 Å². The van der Waals surface area contributed by atoms with Crippen LogP contribution in [-0.4, -0.2) is 25.8 Å². The van der Waals surface area contributed by atoms with E-state index in [0.29, 0.717) is 6.10 Å². The van der Waals surface area contributed by atoms with Gasteiger partial charge in [-0.3, -0.25) is 0 Å². The first-order chi connectivity index (χ1) is 6.45. The minimum absolute atomic E-state index is 0. The lowest BCUT2D eigenvalue weighted by Crippen LogP contribution is -2.21. The molecular formula is C11H22ClNO. The summed E-state index contributed by atoms with van der Waals surface area (Å²) in [5.41, 5.74) is 0. The monoisotopic (exact) mass is 219 g/mol. The number of halogens is 1. The predicted octanol–water partition coefficient (Wildman–Crippen LogP) is 2.37. The quantitative estimate of drug-likeness (QED) is 0.787. The van der Waals surface area contributed by atoms with Gasteiger partial charge in [-0.1, -0.05) is 19.3 Å². The molecule has 0 aromatic heterocycles. The standard InChI is InChI=1S/C11H21NO.ClH/c1-2-4-10(5-3-1)9-13-11-6-7-12-8-11;/h10-12H,1-9H2;1H. The summed E-state index contributed by atoms with van der Waals surface area (Å²) in [5.74, 6) is 0.870. The second-order valence-electron chi connectivity index (χ2n) is 4.45. The Kier molecular flexibility index (Phi) is 5.83. The van der Waals surface area contributed by atoms with Gasteiger partial charge in [0.15, 0.2) is 0 Å². The van der Waals surface area contributed by atoms with Gasteiger partial charge in [0.1, 0.15) is 0 Å². The van der Waals surface area contributed by atoms with E-state index in [1.54, 1.807) is 0 Å². The van der Waals surface area contributed by atoms with Crippen molar-refractivity contribution in [2.24, 2.45) is 5.92 Å². The Labute approximate surface area is 93.2 Å². The zero-order valence-corrected chi connectivity index (χ0v) is 9.65. The third-order valence-corrected chi connectivity index (χ3v) is 3.31. The molecule has 0 aromatic carbocycles. The van der Waals surface area contributed by atoms with E-state index in [0.717, 1.165) is 25.6 Å². The summed E-state index contributed by atoms with van der Waals surface area (Å²) in [4.78, 5) is 0. The van der Waals surface area contributed by atoms with Gasteiger partial charge in [-0.05, 0) is 31.7 Å². The lowest BCUT2D eigenvalue weighted by atomic mass is 9.90. The van der Waals surface area contributed by atoms with Gasteiger partial charge in [-0.15, -0.1) is 12.4 Å². The van der Waals surface area contributed by atoms with Gasteiger partial charge in [0, 0.05) is 13.2 Å². The number of ether oxygens (including phenoxy) is 1. The Bertz CT molecular complexity index is 142. The topological polar surface area (TPSA) is 21.3 Å². The van der Waals surface area contributed by atoms with Gasteiger partial charge in [-0.2, -0.15) is 0 Å². The van der Waals surface area contributed by atoms with Gasteiger partial charge >= 0.3 is 0 Å². The molecule has 2 rings (SSSR count). The van der Waals surface area contributed by atoms with Crippen molar-refractivity contribution >= 4 is 12.4 Å². The molecule has 3 heteroatoms. The summed E-state index contributed by atoms with van der Waals surface area (Å²) in [7, 11) is 0. The summed E-state index contributed by atoms with van der Waals surface area (Å²) < 4.78 is 5.88.